The molecule has 9 heteroatoms. The summed E-state index contributed by atoms with van der Waals surface area (Å²) in [6.45, 7) is 5.28. The third-order valence-electron chi connectivity index (χ3n) is 5.60. The van der Waals surface area contributed by atoms with Crippen molar-refractivity contribution in [3.63, 3.8) is 0 Å². The van der Waals surface area contributed by atoms with Gasteiger partial charge in [0.2, 0.25) is 0 Å². The van der Waals surface area contributed by atoms with Crippen LogP contribution in [0.1, 0.15) is 41.8 Å². The highest BCUT2D eigenvalue weighted by Crippen LogP contribution is 2.37. The second kappa shape index (κ2) is 8.47. The van der Waals surface area contributed by atoms with E-state index in [9.17, 15) is 13.2 Å². The molecule has 2 aromatic heterocycles. The molecule has 0 atom stereocenters. The van der Waals surface area contributed by atoms with Crippen LogP contribution in [0.15, 0.2) is 35.1 Å². The summed E-state index contributed by atoms with van der Waals surface area (Å²) < 4.78 is 41.7. The molecule has 1 aliphatic rings. The number of fused-ring (bicyclic) bond motifs is 1. The van der Waals surface area contributed by atoms with Crippen molar-refractivity contribution in [3.05, 3.63) is 68.0 Å². The predicted octanol–water partition coefficient (Wildman–Crippen LogP) is 6.39. The van der Waals surface area contributed by atoms with Gasteiger partial charge in [-0.05, 0) is 46.0 Å². The number of pyridine rings is 1. The summed E-state index contributed by atoms with van der Waals surface area (Å²) in [5.74, 6) is 0.350. The molecule has 31 heavy (non-hydrogen) atoms. The molecule has 3 aromatic rings. The molecular formula is C22H21BrClF3N4. The normalized spacial score (nSPS) is 14.1. The van der Waals surface area contributed by atoms with E-state index in [-0.39, 0.29) is 5.02 Å². The van der Waals surface area contributed by atoms with Crippen LogP contribution >= 0.6 is 27.5 Å². The summed E-state index contributed by atoms with van der Waals surface area (Å²) >= 11 is 9.91. The van der Waals surface area contributed by atoms with Gasteiger partial charge in [0.1, 0.15) is 10.4 Å². The Morgan fingerprint density at radius 3 is 2.42 bits per heavy atom. The van der Waals surface area contributed by atoms with Gasteiger partial charge >= 0.3 is 6.18 Å². The van der Waals surface area contributed by atoms with Crippen molar-refractivity contribution in [3.8, 4) is 5.69 Å². The second-order valence-electron chi connectivity index (χ2n) is 7.46. The topological polar surface area (TPSA) is 34.0 Å². The maximum atomic E-state index is 12.9. The minimum atomic E-state index is -4.47. The van der Waals surface area contributed by atoms with Crippen molar-refractivity contribution in [2.24, 2.45) is 0 Å². The van der Waals surface area contributed by atoms with Crippen molar-refractivity contribution in [2.45, 2.75) is 45.8 Å². The molecule has 1 aromatic carbocycles. The highest BCUT2D eigenvalue weighted by Gasteiger charge is 2.33. The Morgan fingerprint density at radius 2 is 1.84 bits per heavy atom. The summed E-state index contributed by atoms with van der Waals surface area (Å²) in [7, 11) is 0. The molecule has 0 fully saturated rings. The molecule has 3 heterocycles. The number of para-hydroxylation sites is 1. The first kappa shape index (κ1) is 22.1. The van der Waals surface area contributed by atoms with E-state index in [0.29, 0.717) is 25.3 Å². The fourth-order valence-electron chi connectivity index (χ4n) is 3.97. The van der Waals surface area contributed by atoms with Crippen molar-refractivity contribution in [1.29, 1.82) is 0 Å². The lowest BCUT2D eigenvalue weighted by Crippen LogP contribution is -2.31. The van der Waals surface area contributed by atoms with Gasteiger partial charge in [-0.15, -0.1) is 0 Å². The lowest BCUT2D eigenvalue weighted by atomic mass is 10.0. The molecular weight excluding hydrogens is 493 g/mol. The van der Waals surface area contributed by atoms with Gasteiger partial charge in [0, 0.05) is 31.3 Å². The van der Waals surface area contributed by atoms with Crippen molar-refractivity contribution in [2.75, 3.05) is 11.4 Å². The Hall–Kier alpha value is -2.06. The summed E-state index contributed by atoms with van der Waals surface area (Å²) in [6, 6.07) is 7.22. The first-order valence-corrected chi connectivity index (χ1v) is 11.3. The van der Waals surface area contributed by atoms with Gasteiger partial charge in [-0.25, -0.2) is 9.67 Å². The van der Waals surface area contributed by atoms with Gasteiger partial charge in [0.05, 0.1) is 22.0 Å². The van der Waals surface area contributed by atoms with Crippen LogP contribution < -0.4 is 4.90 Å². The predicted molar refractivity (Wildman–Crippen MR) is 119 cm³/mol. The number of aryl methyl sites for hydroxylation is 2. The van der Waals surface area contributed by atoms with Crippen LogP contribution in [-0.2, 0) is 32.0 Å². The minimum Gasteiger partial charge on any atom is -0.350 e. The molecule has 4 rings (SSSR count). The summed E-state index contributed by atoms with van der Waals surface area (Å²) in [4.78, 5) is 5.92. The van der Waals surface area contributed by atoms with Crippen molar-refractivity contribution in [1.82, 2.24) is 14.8 Å². The van der Waals surface area contributed by atoms with Crippen LogP contribution in [0.25, 0.3) is 5.69 Å². The fourth-order valence-corrected chi connectivity index (χ4v) is 4.87. The minimum absolute atomic E-state index is 0.00797. The van der Waals surface area contributed by atoms with Crippen LogP contribution in [0.5, 0.6) is 0 Å². The number of anilines is 1. The maximum absolute atomic E-state index is 12.9. The van der Waals surface area contributed by atoms with Gasteiger partial charge in [-0.2, -0.15) is 18.3 Å². The Labute approximate surface area is 192 Å². The lowest BCUT2D eigenvalue weighted by molar-refractivity contribution is -0.137. The number of rotatable bonds is 4. The number of benzene rings is 1. The number of aromatic nitrogens is 3. The number of hydrogen-bond acceptors (Lipinski definition) is 3. The zero-order valence-electron chi connectivity index (χ0n) is 17.1. The Morgan fingerprint density at radius 1 is 1.16 bits per heavy atom. The molecule has 1 aliphatic heterocycles. The highest BCUT2D eigenvalue weighted by molar-refractivity contribution is 9.10. The zero-order chi connectivity index (χ0) is 22.3. The number of nitrogens with zero attached hydrogens (tertiary/aromatic N) is 4. The SMILES string of the molecule is CCc1cccc(CC)c1-n1nc2c(c1Br)CN(c1ncc(C(F)(F)F)cc1Cl)CC2. The van der Waals surface area contributed by atoms with Gasteiger partial charge in [-0.1, -0.05) is 43.6 Å². The van der Waals surface area contributed by atoms with Crippen molar-refractivity contribution < 1.29 is 13.2 Å². The average Bonchev–Trinajstić information content (AvgIpc) is 3.07. The van der Waals surface area contributed by atoms with Gasteiger partial charge in [0.25, 0.3) is 0 Å². The number of hydrogen-bond donors (Lipinski definition) is 0. The molecule has 0 radical (unpaired) electrons. The first-order chi connectivity index (χ1) is 14.7. The Balaban J connectivity index is 1.71. The lowest BCUT2D eigenvalue weighted by Gasteiger charge is -2.28. The van der Waals surface area contributed by atoms with Crippen LogP contribution in [0.4, 0.5) is 19.0 Å². The van der Waals surface area contributed by atoms with Gasteiger partial charge < -0.3 is 4.90 Å². The number of halogens is 5. The molecule has 0 unspecified atom stereocenters. The standard InChI is InChI=1S/C22H21BrClF3N4/c1-3-13-6-5-7-14(4-2)19(13)31-20(23)16-12-30(9-8-18(16)29-31)21-17(24)10-15(11-28-21)22(25,26)27/h5-7,10-11H,3-4,8-9,12H2,1-2H3. The Kier molecular flexibility index (Phi) is 6.05. The van der Waals surface area contributed by atoms with Crippen LogP contribution in [0.3, 0.4) is 0 Å². The molecule has 0 amide bonds. The smallest absolute Gasteiger partial charge is 0.350 e. The molecule has 0 saturated heterocycles. The molecule has 0 aliphatic carbocycles. The third kappa shape index (κ3) is 4.07. The van der Waals surface area contributed by atoms with Crippen LogP contribution in [-0.4, -0.2) is 21.3 Å². The summed E-state index contributed by atoms with van der Waals surface area (Å²) in [5, 5.41) is 4.87. The monoisotopic (exact) mass is 512 g/mol. The van der Waals surface area contributed by atoms with E-state index < -0.39 is 11.7 Å². The third-order valence-corrected chi connectivity index (χ3v) is 6.69. The fraction of sp³-hybridized carbons (Fsp3) is 0.364. The average molecular weight is 514 g/mol. The highest BCUT2D eigenvalue weighted by atomic mass is 79.9. The maximum Gasteiger partial charge on any atom is 0.417 e. The molecule has 0 spiro atoms. The van der Waals surface area contributed by atoms with Crippen molar-refractivity contribution >= 4 is 33.3 Å². The molecule has 0 N–H and O–H groups in total. The van der Waals surface area contributed by atoms with E-state index in [4.69, 9.17) is 16.7 Å². The molecule has 0 saturated carbocycles. The molecule has 164 valence electrons. The summed E-state index contributed by atoms with van der Waals surface area (Å²) in [6.07, 6.45) is -1.22. The van der Waals surface area contributed by atoms with Crippen LogP contribution in [0.2, 0.25) is 5.02 Å². The van der Waals surface area contributed by atoms with E-state index in [1.165, 1.54) is 11.1 Å². The first-order valence-electron chi connectivity index (χ1n) is 10.1. The quantitative estimate of drug-likeness (QED) is 0.405. The zero-order valence-corrected chi connectivity index (χ0v) is 19.4. The summed E-state index contributed by atoms with van der Waals surface area (Å²) in [5.41, 5.74) is 4.63. The van der Waals surface area contributed by atoms with Gasteiger partial charge in [-0.3, -0.25) is 0 Å². The van der Waals surface area contributed by atoms with E-state index in [0.717, 1.165) is 46.7 Å². The second-order valence-corrected chi connectivity index (χ2v) is 8.62. The largest absolute Gasteiger partial charge is 0.417 e. The van der Waals surface area contributed by atoms with E-state index in [2.05, 4.69) is 53.0 Å². The van der Waals surface area contributed by atoms with E-state index in [1.807, 2.05) is 9.58 Å². The van der Waals surface area contributed by atoms with E-state index >= 15 is 0 Å². The molecule has 4 nitrogen and oxygen atoms in total. The van der Waals surface area contributed by atoms with E-state index in [1.54, 1.807) is 0 Å². The Bertz CT molecular complexity index is 1100. The molecule has 0 bridgehead atoms. The number of alkyl halides is 3. The van der Waals surface area contributed by atoms with Gasteiger partial charge in [0.15, 0.2) is 0 Å². The van der Waals surface area contributed by atoms with Crippen LogP contribution in [0, 0.1) is 0 Å².